The molecule has 1 N–H and O–H groups in total. The van der Waals surface area contributed by atoms with Crippen molar-refractivity contribution in [2.24, 2.45) is 0 Å². The smallest absolute Gasteiger partial charge is 0.228 e. The summed E-state index contributed by atoms with van der Waals surface area (Å²) >= 11 is 0. The SMILES string of the molecule is CC1CC(=O)N(C)c2ccc(C#N)cc2N1. The molecule has 0 radical (unpaired) electrons. The molecule has 0 bridgehead atoms. The molecule has 2 rings (SSSR count). The molecule has 1 amide bonds. The molecule has 1 aromatic rings. The monoisotopic (exact) mass is 215 g/mol. The molecule has 0 spiro atoms. The van der Waals surface area contributed by atoms with Crippen molar-refractivity contribution < 1.29 is 4.79 Å². The average Bonchev–Trinajstić information content (AvgIpc) is 2.36. The van der Waals surface area contributed by atoms with Crippen LogP contribution in [-0.2, 0) is 4.79 Å². The third kappa shape index (κ3) is 1.72. The molecule has 1 aromatic carbocycles. The number of rotatable bonds is 0. The second-order valence-corrected chi connectivity index (χ2v) is 4.05. The minimum absolute atomic E-state index is 0.0865. The molecule has 1 aliphatic heterocycles. The Morgan fingerprint density at radius 2 is 2.31 bits per heavy atom. The predicted octanol–water partition coefficient (Wildman–Crippen LogP) is 1.73. The number of amides is 1. The topological polar surface area (TPSA) is 56.1 Å². The number of nitrogens with zero attached hydrogens (tertiary/aromatic N) is 2. The molecule has 4 heteroatoms. The highest BCUT2D eigenvalue weighted by atomic mass is 16.2. The lowest BCUT2D eigenvalue weighted by Crippen LogP contribution is -2.27. The van der Waals surface area contributed by atoms with E-state index >= 15 is 0 Å². The fourth-order valence-electron chi connectivity index (χ4n) is 1.86. The highest BCUT2D eigenvalue weighted by molar-refractivity contribution is 5.98. The number of hydrogen-bond acceptors (Lipinski definition) is 3. The van der Waals surface area contributed by atoms with E-state index in [0.29, 0.717) is 12.0 Å². The van der Waals surface area contributed by atoms with E-state index in [1.165, 1.54) is 0 Å². The Labute approximate surface area is 94.5 Å². The number of benzene rings is 1. The van der Waals surface area contributed by atoms with Gasteiger partial charge < -0.3 is 10.2 Å². The zero-order valence-electron chi connectivity index (χ0n) is 9.32. The van der Waals surface area contributed by atoms with Crippen LogP contribution in [0.5, 0.6) is 0 Å². The molecule has 0 saturated carbocycles. The third-order valence-electron chi connectivity index (χ3n) is 2.74. The summed E-state index contributed by atoms with van der Waals surface area (Å²) in [5, 5.41) is 12.1. The van der Waals surface area contributed by atoms with Crippen molar-refractivity contribution in [3.8, 4) is 6.07 Å². The van der Waals surface area contributed by atoms with Gasteiger partial charge in [-0.15, -0.1) is 0 Å². The number of nitriles is 1. The summed E-state index contributed by atoms with van der Waals surface area (Å²) in [6.45, 7) is 1.96. The van der Waals surface area contributed by atoms with Crippen LogP contribution in [0.3, 0.4) is 0 Å². The first-order valence-corrected chi connectivity index (χ1v) is 5.19. The lowest BCUT2D eigenvalue weighted by molar-refractivity contribution is -0.118. The lowest BCUT2D eigenvalue weighted by Gasteiger charge is -2.16. The normalized spacial score (nSPS) is 19.4. The van der Waals surface area contributed by atoms with E-state index in [1.807, 2.05) is 6.92 Å². The van der Waals surface area contributed by atoms with Gasteiger partial charge in [-0.25, -0.2) is 0 Å². The van der Waals surface area contributed by atoms with Crippen LogP contribution < -0.4 is 10.2 Å². The maximum absolute atomic E-state index is 11.8. The van der Waals surface area contributed by atoms with Crippen LogP contribution in [0.25, 0.3) is 0 Å². The fraction of sp³-hybridized carbons (Fsp3) is 0.333. The van der Waals surface area contributed by atoms with Crippen molar-refractivity contribution in [2.75, 3.05) is 17.3 Å². The molecule has 4 nitrogen and oxygen atoms in total. The van der Waals surface area contributed by atoms with Crippen molar-refractivity contribution >= 4 is 17.3 Å². The first-order chi connectivity index (χ1) is 7.61. The van der Waals surface area contributed by atoms with Gasteiger partial charge in [0.15, 0.2) is 0 Å². The van der Waals surface area contributed by atoms with Crippen LogP contribution in [0.4, 0.5) is 11.4 Å². The summed E-state index contributed by atoms with van der Waals surface area (Å²) in [5.74, 6) is 0.0865. The Morgan fingerprint density at radius 3 is 3.00 bits per heavy atom. The quantitative estimate of drug-likeness (QED) is 0.717. The van der Waals surface area contributed by atoms with E-state index in [2.05, 4.69) is 11.4 Å². The van der Waals surface area contributed by atoms with Gasteiger partial charge in [0, 0.05) is 19.5 Å². The van der Waals surface area contributed by atoms with Crippen LogP contribution in [-0.4, -0.2) is 19.0 Å². The van der Waals surface area contributed by atoms with E-state index in [1.54, 1.807) is 30.1 Å². The molecule has 1 atom stereocenters. The largest absolute Gasteiger partial charge is 0.380 e. The summed E-state index contributed by atoms with van der Waals surface area (Å²) in [7, 11) is 1.76. The van der Waals surface area contributed by atoms with Crippen molar-refractivity contribution in [3.05, 3.63) is 23.8 Å². The first-order valence-electron chi connectivity index (χ1n) is 5.19. The van der Waals surface area contributed by atoms with Gasteiger partial charge in [-0.05, 0) is 25.1 Å². The second kappa shape index (κ2) is 3.86. The average molecular weight is 215 g/mol. The molecule has 1 heterocycles. The molecule has 1 aliphatic rings. The summed E-state index contributed by atoms with van der Waals surface area (Å²) in [4.78, 5) is 13.4. The van der Waals surface area contributed by atoms with Crippen LogP contribution in [0.15, 0.2) is 18.2 Å². The summed E-state index contributed by atoms with van der Waals surface area (Å²) in [6.07, 6.45) is 0.465. The highest BCUT2D eigenvalue weighted by Crippen LogP contribution is 2.30. The van der Waals surface area contributed by atoms with Crippen LogP contribution in [0.1, 0.15) is 18.9 Å². The van der Waals surface area contributed by atoms with E-state index in [9.17, 15) is 4.79 Å². The van der Waals surface area contributed by atoms with Gasteiger partial charge in [0.05, 0.1) is 23.0 Å². The highest BCUT2D eigenvalue weighted by Gasteiger charge is 2.22. The molecular formula is C12H13N3O. The van der Waals surface area contributed by atoms with Gasteiger partial charge in [0.25, 0.3) is 0 Å². The van der Waals surface area contributed by atoms with Gasteiger partial charge in [-0.2, -0.15) is 5.26 Å². The summed E-state index contributed by atoms with van der Waals surface area (Å²) in [5.41, 5.74) is 2.27. The maximum atomic E-state index is 11.8. The zero-order chi connectivity index (χ0) is 11.7. The number of nitrogens with one attached hydrogen (secondary N) is 1. The summed E-state index contributed by atoms with van der Waals surface area (Å²) in [6, 6.07) is 7.49. The maximum Gasteiger partial charge on any atom is 0.228 e. The molecule has 0 saturated heterocycles. The van der Waals surface area contributed by atoms with Gasteiger partial charge >= 0.3 is 0 Å². The Bertz CT molecular complexity index is 476. The van der Waals surface area contributed by atoms with Crippen LogP contribution in [0.2, 0.25) is 0 Å². The standard InChI is InChI=1S/C12H13N3O/c1-8-5-12(16)15(2)11-4-3-9(7-13)6-10(11)14-8/h3-4,6,8,14H,5H2,1-2H3. The fourth-order valence-corrected chi connectivity index (χ4v) is 1.86. The van der Waals surface area contributed by atoms with E-state index in [0.717, 1.165) is 11.4 Å². The van der Waals surface area contributed by atoms with Gasteiger partial charge in [0.1, 0.15) is 0 Å². The predicted molar refractivity (Wildman–Crippen MR) is 62.3 cm³/mol. The van der Waals surface area contributed by atoms with E-state index in [4.69, 9.17) is 5.26 Å². The number of hydrogen-bond donors (Lipinski definition) is 1. The molecular weight excluding hydrogens is 202 g/mol. The molecule has 16 heavy (non-hydrogen) atoms. The van der Waals surface area contributed by atoms with Crippen molar-refractivity contribution in [1.82, 2.24) is 0 Å². The van der Waals surface area contributed by atoms with E-state index in [-0.39, 0.29) is 11.9 Å². The molecule has 0 aromatic heterocycles. The first kappa shape index (κ1) is 10.5. The number of fused-ring (bicyclic) bond motifs is 1. The molecule has 0 aliphatic carbocycles. The van der Waals surface area contributed by atoms with Crippen LogP contribution >= 0.6 is 0 Å². The van der Waals surface area contributed by atoms with Gasteiger partial charge in [0.2, 0.25) is 5.91 Å². The Morgan fingerprint density at radius 1 is 1.56 bits per heavy atom. The third-order valence-corrected chi connectivity index (χ3v) is 2.74. The molecule has 82 valence electrons. The zero-order valence-corrected chi connectivity index (χ0v) is 9.32. The Hall–Kier alpha value is -2.02. The van der Waals surface area contributed by atoms with Crippen LogP contribution in [0, 0.1) is 11.3 Å². The number of carbonyl (C=O) groups is 1. The molecule has 1 unspecified atom stereocenters. The Balaban J connectivity index is 2.51. The van der Waals surface area contributed by atoms with Gasteiger partial charge in [-0.3, -0.25) is 4.79 Å². The summed E-state index contributed by atoms with van der Waals surface area (Å²) < 4.78 is 0. The number of anilines is 2. The minimum atomic E-state index is 0.0865. The van der Waals surface area contributed by atoms with Crippen molar-refractivity contribution in [1.29, 1.82) is 5.26 Å². The van der Waals surface area contributed by atoms with Crippen molar-refractivity contribution in [3.63, 3.8) is 0 Å². The van der Waals surface area contributed by atoms with Gasteiger partial charge in [-0.1, -0.05) is 0 Å². The second-order valence-electron chi connectivity index (χ2n) is 4.05. The Kier molecular flexibility index (Phi) is 2.53. The minimum Gasteiger partial charge on any atom is -0.380 e. The van der Waals surface area contributed by atoms with Crippen molar-refractivity contribution in [2.45, 2.75) is 19.4 Å². The number of carbonyl (C=O) groups excluding carboxylic acids is 1. The van der Waals surface area contributed by atoms with E-state index < -0.39 is 0 Å². The lowest BCUT2D eigenvalue weighted by atomic mass is 10.1. The molecule has 0 fully saturated rings.